The van der Waals surface area contributed by atoms with Crippen molar-refractivity contribution in [2.75, 3.05) is 6.54 Å². The molecule has 0 fully saturated rings. The van der Waals surface area contributed by atoms with Crippen LogP contribution in [0, 0.1) is 12.3 Å². The van der Waals surface area contributed by atoms with Crippen molar-refractivity contribution in [2.24, 2.45) is 5.41 Å². The second-order valence-electron chi connectivity index (χ2n) is 7.89. The number of hydrogen-bond acceptors (Lipinski definition) is 3. The van der Waals surface area contributed by atoms with Gasteiger partial charge in [0, 0.05) is 28.8 Å². The molecule has 0 bridgehead atoms. The molecule has 23 heavy (non-hydrogen) atoms. The number of nitrogens with one attached hydrogen (secondary N) is 1. The lowest BCUT2D eigenvalue weighted by molar-refractivity contribution is -0.117. The molecule has 0 spiro atoms. The van der Waals surface area contributed by atoms with E-state index in [2.05, 4.69) is 69.5 Å². The maximum atomic E-state index is 12.7. The van der Waals surface area contributed by atoms with Crippen molar-refractivity contribution in [3.8, 4) is 0 Å². The molecule has 1 aliphatic heterocycles. The van der Waals surface area contributed by atoms with Crippen LogP contribution in [0.5, 0.6) is 0 Å². The van der Waals surface area contributed by atoms with Crippen LogP contribution in [0.4, 0.5) is 0 Å². The smallest absolute Gasteiger partial charge is 0.259 e. The zero-order valence-corrected chi connectivity index (χ0v) is 15.9. The highest BCUT2D eigenvalue weighted by molar-refractivity contribution is 7.98. The van der Waals surface area contributed by atoms with E-state index < -0.39 is 0 Å². The summed E-state index contributed by atoms with van der Waals surface area (Å²) in [6.45, 7) is 13.9. The molecule has 1 heterocycles. The first-order chi connectivity index (χ1) is 10.6. The Balaban J connectivity index is 2.11. The number of carbonyl (C=O) groups excluding carboxylic acids is 1. The van der Waals surface area contributed by atoms with Gasteiger partial charge in [-0.25, -0.2) is 0 Å². The highest BCUT2D eigenvalue weighted by Gasteiger charge is 2.35. The molecule has 3 nitrogen and oxygen atoms in total. The fourth-order valence-corrected chi connectivity index (χ4v) is 3.18. The van der Waals surface area contributed by atoms with E-state index in [0.29, 0.717) is 0 Å². The monoisotopic (exact) mass is 332 g/mol. The molecule has 0 aromatic heterocycles. The van der Waals surface area contributed by atoms with Gasteiger partial charge in [0.05, 0.1) is 0 Å². The van der Waals surface area contributed by atoms with E-state index in [4.69, 9.17) is 0 Å². The second-order valence-corrected chi connectivity index (χ2v) is 8.77. The molecule has 1 aromatic rings. The molecule has 126 valence electrons. The van der Waals surface area contributed by atoms with Crippen molar-refractivity contribution in [1.29, 1.82) is 0 Å². The van der Waals surface area contributed by atoms with Crippen molar-refractivity contribution < 1.29 is 4.79 Å². The summed E-state index contributed by atoms with van der Waals surface area (Å²) in [5.74, 6) is 0.00882. The quantitative estimate of drug-likeness (QED) is 0.825. The first-order valence-corrected chi connectivity index (χ1v) is 8.94. The Morgan fingerprint density at radius 2 is 1.83 bits per heavy atom. The summed E-state index contributed by atoms with van der Waals surface area (Å²) in [7, 11) is 0. The van der Waals surface area contributed by atoms with Gasteiger partial charge in [0.1, 0.15) is 0 Å². The van der Waals surface area contributed by atoms with E-state index in [1.54, 1.807) is 0 Å². The molecule has 1 N–H and O–H groups in total. The maximum Gasteiger partial charge on any atom is 0.259 e. The number of rotatable bonds is 3. The Kier molecular flexibility index (Phi) is 5.14. The molecule has 1 aromatic carbocycles. The molecule has 4 heteroatoms. The SMILES string of the molecule is Cc1ccc(SNC(=O)C2=CN(C(C)(C)C)CCC2(C)C)cc1. The fraction of sp³-hybridized carbons (Fsp3) is 0.526. The summed E-state index contributed by atoms with van der Waals surface area (Å²) in [4.78, 5) is 16.0. The standard InChI is InChI=1S/C19H28N2OS/c1-14-7-9-15(10-8-14)23-20-17(22)16-13-21(18(2,3)4)12-11-19(16,5)6/h7-10,13H,11-12H2,1-6H3,(H,20,22). The van der Waals surface area contributed by atoms with Crippen LogP contribution in [0.2, 0.25) is 0 Å². The zero-order valence-electron chi connectivity index (χ0n) is 15.1. The molecule has 0 saturated carbocycles. The van der Waals surface area contributed by atoms with Crippen molar-refractivity contribution >= 4 is 17.9 Å². The number of hydrogen-bond donors (Lipinski definition) is 1. The van der Waals surface area contributed by atoms with Gasteiger partial charge in [0.25, 0.3) is 5.91 Å². The summed E-state index contributed by atoms with van der Waals surface area (Å²) in [6.07, 6.45) is 3.03. The van der Waals surface area contributed by atoms with Crippen LogP contribution >= 0.6 is 11.9 Å². The van der Waals surface area contributed by atoms with Crippen LogP contribution < -0.4 is 4.72 Å². The lowest BCUT2D eigenvalue weighted by Gasteiger charge is -2.43. The van der Waals surface area contributed by atoms with Crippen LogP contribution in [0.1, 0.15) is 46.6 Å². The molecule has 2 rings (SSSR count). The van der Waals surface area contributed by atoms with Gasteiger partial charge in [-0.05, 0) is 63.6 Å². The summed E-state index contributed by atoms with van der Waals surface area (Å²) in [6, 6.07) is 8.17. The van der Waals surface area contributed by atoms with Crippen LogP contribution in [0.3, 0.4) is 0 Å². The Labute approximate surface area is 144 Å². The minimum atomic E-state index is -0.0976. The molecular weight excluding hydrogens is 304 g/mol. The van der Waals surface area contributed by atoms with Crippen molar-refractivity contribution in [3.05, 3.63) is 41.6 Å². The zero-order chi connectivity index (χ0) is 17.3. The molecule has 0 unspecified atom stereocenters. The Bertz CT molecular complexity index is 597. The fourth-order valence-electron chi connectivity index (χ4n) is 2.59. The van der Waals surface area contributed by atoms with E-state index >= 15 is 0 Å². The lowest BCUT2D eigenvalue weighted by Crippen LogP contribution is -2.45. The van der Waals surface area contributed by atoms with Gasteiger partial charge in [-0.2, -0.15) is 0 Å². The predicted molar refractivity (Wildman–Crippen MR) is 98.1 cm³/mol. The van der Waals surface area contributed by atoms with Crippen molar-refractivity contribution in [2.45, 2.75) is 58.4 Å². The lowest BCUT2D eigenvalue weighted by atomic mass is 9.78. The minimum absolute atomic E-state index is 0.00882. The highest BCUT2D eigenvalue weighted by Crippen LogP contribution is 2.37. The van der Waals surface area contributed by atoms with Crippen LogP contribution in [0.25, 0.3) is 0 Å². The minimum Gasteiger partial charge on any atom is -0.372 e. The summed E-state index contributed by atoms with van der Waals surface area (Å²) < 4.78 is 3.00. The van der Waals surface area contributed by atoms with Gasteiger partial charge >= 0.3 is 0 Å². The third kappa shape index (κ3) is 4.54. The third-order valence-corrected chi connectivity index (χ3v) is 5.18. The normalized spacial score (nSPS) is 17.7. The number of nitrogens with zero attached hydrogens (tertiary/aromatic N) is 1. The number of benzene rings is 1. The van der Waals surface area contributed by atoms with Gasteiger partial charge in [-0.3, -0.25) is 9.52 Å². The van der Waals surface area contributed by atoms with Gasteiger partial charge in [0.15, 0.2) is 0 Å². The Morgan fingerprint density at radius 3 is 2.39 bits per heavy atom. The topological polar surface area (TPSA) is 32.3 Å². The van der Waals surface area contributed by atoms with E-state index in [-0.39, 0.29) is 16.9 Å². The third-order valence-electron chi connectivity index (χ3n) is 4.38. The van der Waals surface area contributed by atoms with Gasteiger partial charge < -0.3 is 4.90 Å². The number of carbonyl (C=O) groups is 1. The van der Waals surface area contributed by atoms with E-state index in [0.717, 1.165) is 23.4 Å². The van der Waals surface area contributed by atoms with Crippen molar-refractivity contribution in [1.82, 2.24) is 9.62 Å². The van der Waals surface area contributed by atoms with Gasteiger partial charge in [0.2, 0.25) is 0 Å². The largest absolute Gasteiger partial charge is 0.372 e. The molecule has 1 amide bonds. The average Bonchev–Trinajstić information content (AvgIpc) is 2.44. The first-order valence-electron chi connectivity index (χ1n) is 8.12. The molecular formula is C19H28N2OS. The summed E-state index contributed by atoms with van der Waals surface area (Å²) in [5, 5.41) is 0. The summed E-state index contributed by atoms with van der Waals surface area (Å²) >= 11 is 1.38. The maximum absolute atomic E-state index is 12.7. The van der Waals surface area contributed by atoms with Crippen LogP contribution in [0.15, 0.2) is 40.9 Å². The first kappa shape index (κ1) is 17.9. The van der Waals surface area contributed by atoms with E-state index in [1.807, 2.05) is 12.1 Å². The van der Waals surface area contributed by atoms with Crippen LogP contribution in [-0.2, 0) is 4.79 Å². The molecule has 1 aliphatic rings. The number of aryl methyl sites for hydroxylation is 1. The Hall–Kier alpha value is -1.42. The second kappa shape index (κ2) is 6.60. The van der Waals surface area contributed by atoms with E-state index in [9.17, 15) is 4.79 Å². The van der Waals surface area contributed by atoms with E-state index in [1.165, 1.54) is 17.5 Å². The van der Waals surface area contributed by atoms with Gasteiger partial charge in [-0.1, -0.05) is 31.5 Å². The summed E-state index contributed by atoms with van der Waals surface area (Å²) in [5.41, 5.74) is 2.02. The molecule has 0 aliphatic carbocycles. The molecule has 0 saturated heterocycles. The highest BCUT2D eigenvalue weighted by atomic mass is 32.2. The molecule has 0 atom stereocenters. The van der Waals surface area contributed by atoms with Crippen LogP contribution in [-0.4, -0.2) is 22.9 Å². The predicted octanol–water partition coefficient (Wildman–Crippen LogP) is 4.53. The van der Waals surface area contributed by atoms with Gasteiger partial charge in [-0.15, -0.1) is 0 Å². The molecule has 0 radical (unpaired) electrons. The Morgan fingerprint density at radius 1 is 1.22 bits per heavy atom. The average molecular weight is 333 g/mol. The number of amides is 1. The van der Waals surface area contributed by atoms with Crippen molar-refractivity contribution in [3.63, 3.8) is 0 Å².